The molecule has 2 aromatic heterocycles. The Hall–Kier alpha value is -1.51. The fourth-order valence-electron chi connectivity index (χ4n) is 2.10. The van der Waals surface area contributed by atoms with E-state index in [0.29, 0.717) is 0 Å². The number of nitrogens with one attached hydrogen (secondary N) is 1. The van der Waals surface area contributed by atoms with Crippen LogP contribution in [0.5, 0.6) is 0 Å². The monoisotopic (exact) mass is 278 g/mol. The second-order valence-corrected chi connectivity index (χ2v) is 4.49. The van der Waals surface area contributed by atoms with E-state index in [9.17, 15) is 0 Å². The molecule has 0 saturated carbocycles. The maximum Gasteiger partial charge on any atom is 0.0510 e. The SMILES string of the molecule is Cc1c(-c2cccnc2)[nH]c2ccc(Cl)cc12.Cl. The Morgan fingerprint density at radius 3 is 2.78 bits per heavy atom. The number of nitrogens with zero attached hydrogens (tertiary/aromatic N) is 1. The van der Waals surface area contributed by atoms with Crippen LogP contribution in [0.15, 0.2) is 42.7 Å². The maximum atomic E-state index is 6.02. The molecule has 0 spiro atoms. The lowest BCUT2D eigenvalue weighted by Gasteiger charge is -1.98. The Morgan fingerprint density at radius 1 is 1.22 bits per heavy atom. The van der Waals surface area contributed by atoms with Crippen molar-refractivity contribution in [1.82, 2.24) is 9.97 Å². The zero-order valence-electron chi connectivity index (χ0n) is 9.77. The van der Waals surface area contributed by atoms with Gasteiger partial charge in [-0.25, -0.2) is 0 Å². The second kappa shape index (κ2) is 5.01. The van der Waals surface area contributed by atoms with E-state index in [1.807, 2.05) is 36.5 Å². The summed E-state index contributed by atoms with van der Waals surface area (Å²) in [6, 6.07) is 9.87. The number of aromatic nitrogens is 2. The van der Waals surface area contributed by atoms with Gasteiger partial charge >= 0.3 is 0 Å². The Kier molecular flexibility index (Phi) is 3.60. The van der Waals surface area contributed by atoms with Crippen molar-refractivity contribution < 1.29 is 0 Å². The fraction of sp³-hybridized carbons (Fsp3) is 0.0714. The van der Waals surface area contributed by atoms with Crippen LogP contribution >= 0.6 is 24.0 Å². The summed E-state index contributed by atoms with van der Waals surface area (Å²) in [5, 5.41) is 1.92. The van der Waals surface area contributed by atoms with Gasteiger partial charge in [-0.3, -0.25) is 4.98 Å². The Morgan fingerprint density at radius 2 is 2.06 bits per heavy atom. The smallest absolute Gasteiger partial charge is 0.0510 e. The third-order valence-electron chi connectivity index (χ3n) is 2.97. The molecule has 0 aliphatic carbocycles. The molecule has 0 bridgehead atoms. The lowest BCUT2D eigenvalue weighted by molar-refractivity contribution is 1.30. The minimum atomic E-state index is 0. The van der Waals surface area contributed by atoms with Gasteiger partial charge in [-0.2, -0.15) is 0 Å². The largest absolute Gasteiger partial charge is 0.354 e. The molecule has 0 radical (unpaired) electrons. The molecule has 3 rings (SSSR count). The molecule has 4 heteroatoms. The Bertz CT molecular complexity index is 675. The summed E-state index contributed by atoms with van der Waals surface area (Å²) in [5.74, 6) is 0. The van der Waals surface area contributed by atoms with E-state index in [1.54, 1.807) is 6.20 Å². The average Bonchev–Trinajstić information content (AvgIpc) is 2.68. The van der Waals surface area contributed by atoms with E-state index in [-0.39, 0.29) is 12.4 Å². The minimum absolute atomic E-state index is 0. The van der Waals surface area contributed by atoms with Gasteiger partial charge in [-0.1, -0.05) is 11.6 Å². The highest BCUT2D eigenvalue weighted by molar-refractivity contribution is 6.31. The molecular weight excluding hydrogens is 267 g/mol. The lowest BCUT2D eigenvalue weighted by atomic mass is 10.1. The average molecular weight is 279 g/mol. The normalized spacial score (nSPS) is 10.3. The number of hydrogen-bond donors (Lipinski definition) is 1. The number of aromatic amines is 1. The molecule has 0 atom stereocenters. The van der Waals surface area contributed by atoms with E-state index in [4.69, 9.17) is 11.6 Å². The van der Waals surface area contributed by atoms with Crippen LogP contribution in [0.25, 0.3) is 22.2 Å². The van der Waals surface area contributed by atoms with Crippen LogP contribution < -0.4 is 0 Å². The number of fused-ring (bicyclic) bond motifs is 1. The number of hydrogen-bond acceptors (Lipinski definition) is 1. The summed E-state index contributed by atoms with van der Waals surface area (Å²) in [6.07, 6.45) is 3.64. The molecule has 3 aromatic rings. The fourth-order valence-corrected chi connectivity index (χ4v) is 2.27. The molecular formula is C14H12Cl2N2. The van der Waals surface area contributed by atoms with Gasteiger partial charge in [-0.05, 0) is 42.8 Å². The highest BCUT2D eigenvalue weighted by Crippen LogP contribution is 2.30. The number of benzene rings is 1. The van der Waals surface area contributed by atoms with Crippen molar-refractivity contribution in [2.45, 2.75) is 6.92 Å². The summed E-state index contributed by atoms with van der Waals surface area (Å²) >= 11 is 6.02. The first-order valence-electron chi connectivity index (χ1n) is 5.44. The van der Waals surface area contributed by atoms with E-state index < -0.39 is 0 Å². The van der Waals surface area contributed by atoms with Crippen LogP contribution in [0, 0.1) is 6.92 Å². The van der Waals surface area contributed by atoms with Gasteiger partial charge < -0.3 is 4.98 Å². The molecule has 18 heavy (non-hydrogen) atoms. The predicted molar refractivity (Wildman–Crippen MR) is 78.5 cm³/mol. The van der Waals surface area contributed by atoms with Gasteiger partial charge in [0.2, 0.25) is 0 Å². The van der Waals surface area contributed by atoms with Crippen molar-refractivity contribution in [3.05, 3.63) is 53.3 Å². The number of rotatable bonds is 1. The van der Waals surface area contributed by atoms with Crippen molar-refractivity contribution >= 4 is 34.9 Å². The molecule has 2 nitrogen and oxygen atoms in total. The molecule has 0 unspecified atom stereocenters. The van der Waals surface area contributed by atoms with Crippen LogP contribution in [0.2, 0.25) is 5.02 Å². The highest BCUT2D eigenvalue weighted by Gasteiger charge is 2.09. The van der Waals surface area contributed by atoms with Crippen LogP contribution in [0.4, 0.5) is 0 Å². The van der Waals surface area contributed by atoms with E-state index >= 15 is 0 Å². The third-order valence-corrected chi connectivity index (χ3v) is 3.21. The second-order valence-electron chi connectivity index (χ2n) is 4.06. The first kappa shape index (κ1) is 12.9. The lowest BCUT2D eigenvalue weighted by Crippen LogP contribution is -1.81. The van der Waals surface area contributed by atoms with Crippen LogP contribution in [-0.4, -0.2) is 9.97 Å². The van der Waals surface area contributed by atoms with Gasteiger partial charge in [0.05, 0.1) is 5.69 Å². The van der Waals surface area contributed by atoms with Crippen molar-refractivity contribution in [2.24, 2.45) is 0 Å². The number of H-pyrrole nitrogens is 1. The first-order chi connectivity index (χ1) is 8.25. The van der Waals surface area contributed by atoms with Crippen molar-refractivity contribution in [1.29, 1.82) is 0 Å². The maximum absolute atomic E-state index is 6.02. The van der Waals surface area contributed by atoms with Gasteiger partial charge in [-0.15, -0.1) is 12.4 Å². The predicted octanol–water partition coefficient (Wildman–Crippen LogP) is 4.61. The van der Waals surface area contributed by atoms with Gasteiger partial charge in [0.25, 0.3) is 0 Å². The Balaban J connectivity index is 0.00000120. The molecule has 0 fully saturated rings. The first-order valence-corrected chi connectivity index (χ1v) is 5.82. The quantitative estimate of drug-likeness (QED) is 0.692. The zero-order valence-corrected chi connectivity index (χ0v) is 11.3. The van der Waals surface area contributed by atoms with Crippen molar-refractivity contribution in [2.75, 3.05) is 0 Å². The molecule has 0 amide bonds. The van der Waals surface area contributed by atoms with Crippen LogP contribution in [0.1, 0.15) is 5.56 Å². The van der Waals surface area contributed by atoms with Crippen LogP contribution in [-0.2, 0) is 0 Å². The minimum Gasteiger partial charge on any atom is -0.354 e. The molecule has 0 aliphatic rings. The van der Waals surface area contributed by atoms with Gasteiger partial charge in [0, 0.05) is 33.9 Å². The molecule has 1 aromatic carbocycles. The molecule has 0 saturated heterocycles. The highest BCUT2D eigenvalue weighted by atomic mass is 35.5. The third kappa shape index (κ3) is 2.09. The van der Waals surface area contributed by atoms with Gasteiger partial charge in [0.1, 0.15) is 0 Å². The Labute approximate surface area is 116 Å². The molecule has 0 aliphatic heterocycles. The topological polar surface area (TPSA) is 28.7 Å². The van der Waals surface area contributed by atoms with E-state index in [0.717, 1.165) is 27.2 Å². The summed E-state index contributed by atoms with van der Waals surface area (Å²) in [7, 11) is 0. The number of pyridine rings is 1. The molecule has 92 valence electrons. The number of aryl methyl sites for hydroxylation is 1. The summed E-state index contributed by atoms with van der Waals surface area (Å²) in [5.41, 5.74) is 4.51. The standard InChI is InChI=1S/C14H11ClN2.ClH/c1-9-12-7-11(15)4-5-13(12)17-14(9)10-3-2-6-16-8-10;/h2-8,17H,1H3;1H. The zero-order chi connectivity index (χ0) is 11.8. The summed E-state index contributed by atoms with van der Waals surface area (Å²) in [6.45, 7) is 2.09. The summed E-state index contributed by atoms with van der Waals surface area (Å²) in [4.78, 5) is 7.55. The molecule has 2 heterocycles. The van der Waals surface area contributed by atoms with Crippen molar-refractivity contribution in [3.63, 3.8) is 0 Å². The van der Waals surface area contributed by atoms with Crippen LogP contribution in [0.3, 0.4) is 0 Å². The van der Waals surface area contributed by atoms with Crippen molar-refractivity contribution in [3.8, 4) is 11.3 Å². The van der Waals surface area contributed by atoms with E-state index in [2.05, 4.69) is 16.9 Å². The van der Waals surface area contributed by atoms with E-state index in [1.165, 1.54) is 5.56 Å². The molecule has 1 N–H and O–H groups in total. The number of halogens is 2. The summed E-state index contributed by atoms with van der Waals surface area (Å²) < 4.78 is 0. The van der Waals surface area contributed by atoms with Gasteiger partial charge in [0.15, 0.2) is 0 Å².